The molecule has 1 fully saturated rings. The quantitative estimate of drug-likeness (QED) is 0.775. The molecule has 0 aromatic carbocycles. The van der Waals surface area contributed by atoms with Gasteiger partial charge in [-0.3, -0.25) is 9.59 Å². The van der Waals surface area contributed by atoms with Crippen molar-refractivity contribution in [1.82, 2.24) is 24.8 Å². The standard InChI is InChI=1S/C22H33N5O2/c1-6-14(3)23-21(28)11-10-17-15(4)24-20-13-18(25-27(20)16(17)5)19-9-8-12-26(19)22(29)7-2/h13-14,19H,6-12H2,1-5H3,(H,23,28)/t14-,19+/m1/s1. The van der Waals surface area contributed by atoms with Gasteiger partial charge in [0.15, 0.2) is 5.65 Å². The van der Waals surface area contributed by atoms with Gasteiger partial charge in [-0.2, -0.15) is 5.10 Å². The zero-order chi connectivity index (χ0) is 21.1. The second kappa shape index (κ2) is 8.93. The molecule has 0 unspecified atom stereocenters. The van der Waals surface area contributed by atoms with Gasteiger partial charge >= 0.3 is 0 Å². The molecule has 0 spiro atoms. The smallest absolute Gasteiger partial charge is 0.222 e. The molecule has 0 radical (unpaired) electrons. The minimum Gasteiger partial charge on any atom is -0.354 e. The number of hydrogen-bond acceptors (Lipinski definition) is 4. The minimum atomic E-state index is 0.0358. The molecule has 2 atom stereocenters. The molecule has 2 amide bonds. The van der Waals surface area contributed by atoms with Gasteiger partial charge in [0.25, 0.3) is 0 Å². The van der Waals surface area contributed by atoms with Gasteiger partial charge in [-0.15, -0.1) is 0 Å². The van der Waals surface area contributed by atoms with Crippen LogP contribution in [0.2, 0.25) is 0 Å². The molecule has 1 saturated heterocycles. The molecule has 2 aromatic rings. The summed E-state index contributed by atoms with van der Waals surface area (Å²) in [6, 6.07) is 2.23. The molecule has 3 rings (SSSR count). The summed E-state index contributed by atoms with van der Waals surface area (Å²) in [5.41, 5.74) is 4.73. The number of carbonyl (C=O) groups excluding carboxylic acids is 2. The van der Waals surface area contributed by atoms with Crippen molar-refractivity contribution < 1.29 is 9.59 Å². The summed E-state index contributed by atoms with van der Waals surface area (Å²) in [5, 5.41) is 7.83. The van der Waals surface area contributed by atoms with Gasteiger partial charge in [-0.05, 0) is 52.0 Å². The Hall–Kier alpha value is -2.44. The van der Waals surface area contributed by atoms with Gasteiger partial charge in [-0.25, -0.2) is 9.50 Å². The predicted molar refractivity (Wildman–Crippen MR) is 113 cm³/mol. The highest BCUT2D eigenvalue weighted by Gasteiger charge is 2.31. The Bertz CT molecular complexity index is 904. The fourth-order valence-electron chi connectivity index (χ4n) is 4.13. The molecular weight excluding hydrogens is 366 g/mol. The maximum absolute atomic E-state index is 12.3. The fourth-order valence-corrected chi connectivity index (χ4v) is 4.13. The molecule has 2 aromatic heterocycles. The van der Waals surface area contributed by atoms with E-state index < -0.39 is 0 Å². The molecular formula is C22H33N5O2. The summed E-state index contributed by atoms with van der Waals surface area (Å²) in [6.07, 6.45) is 4.47. The minimum absolute atomic E-state index is 0.0358. The van der Waals surface area contributed by atoms with E-state index in [2.05, 4.69) is 12.2 Å². The highest BCUT2D eigenvalue weighted by atomic mass is 16.2. The number of fused-ring (bicyclic) bond motifs is 1. The van der Waals surface area contributed by atoms with Crippen molar-refractivity contribution >= 4 is 17.5 Å². The van der Waals surface area contributed by atoms with Crippen molar-refractivity contribution in [3.8, 4) is 0 Å². The second-order valence-corrected chi connectivity index (χ2v) is 8.08. The molecule has 1 aliphatic heterocycles. The Balaban J connectivity index is 1.84. The number of carbonyl (C=O) groups is 2. The van der Waals surface area contributed by atoms with Gasteiger partial charge in [0, 0.05) is 42.9 Å². The Morgan fingerprint density at radius 3 is 2.76 bits per heavy atom. The number of aromatic nitrogens is 3. The third-order valence-electron chi connectivity index (χ3n) is 6.02. The van der Waals surface area contributed by atoms with Crippen molar-refractivity contribution in [1.29, 1.82) is 0 Å². The molecule has 29 heavy (non-hydrogen) atoms. The van der Waals surface area contributed by atoms with Crippen LogP contribution in [0.15, 0.2) is 6.07 Å². The Labute approximate surface area is 172 Å². The zero-order valence-electron chi connectivity index (χ0n) is 18.3. The third kappa shape index (κ3) is 4.43. The predicted octanol–water partition coefficient (Wildman–Crippen LogP) is 3.27. The molecule has 158 valence electrons. The van der Waals surface area contributed by atoms with Crippen LogP contribution in [-0.2, 0) is 16.0 Å². The summed E-state index contributed by atoms with van der Waals surface area (Å²) in [6.45, 7) is 10.8. The van der Waals surface area contributed by atoms with E-state index in [1.165, 1.54) is 0 Å². The molecule has 3 heterocycles. The van der Waals surface area contributed by atoms with Gasteiger partial charge in [-0.1, -0.05) is 13.8 Å². The number of nitrogens with zero attached hydrogens (tertiary/aromatic N) is 4. The van der Waals surface area contributed by atoms with E-state index in [1.807, 2.05) is 43.2 Å². The third-order valence-corrected chi connectivity index (χ3v) is 6.02. The normalized spacial score (nSPS) is 17.7. The lowest BCUT2D eigenvalue weighted by Crippen LogP contribution is -2.32. The first-order valence-corrected chi connectivity index (χ1v) is 10.8. The van der Waals surface area contributed by atoms with E-state index in [-0.39, 0.29) is 23.9 Å². The average Bonchev–Trinajstić information content (AvgIpc) is 3.33. The molecule has 1 N–H and O–H groups in total. The van der Waals surface area contributed by atoms with Crippen molar-refractivity contribution in [3.05, 3.63) is 28.7 Å². The summed E-state index contributed by atoms with van der Waals surface area (Å²) in [4.78, 5) is 31.1. The van der Waals surface area contributed by atoms with Crippen LogP contribution >= 0.6 is 0 Å². The first kappa shape index (κ1) is 21.3. The number of likely N-dealkylation sites (tertiary alicyclic amines) is 1. The Morgan fingerprint density at radius 2 is 2.07 bits per heavy atom. The van der Waals surface area contributed by atoms with Crippen LogP contribution in [0.5, 0.6) is 0 Å². The van der Waals surface area contributed by atoms with Crippen LogP contribution in [0.25, 0.3) is 5.65 Å². The van der Waals surface area contributed by atoms with E-state index in [0.29, 0.717) is 19.3 Å². The summed E-state index contributed by atoms with van der Waals surface area (Å²) in [5.74, 6) is 0.248. The Kier molecular flexibility index (Phi) is 6.55. The largest absolute Gasteiger partial charge is 0.354 e. The number of nitrogens with one attached hydrogen (secondary N) is 1. The molecule has 7 heteroatoms. The summed E-state index contributed by atoms with van der Waals surface area (Å²) < 4.78 is 1.87. The van der Waals surface area contributed by atoms with Crippen LogP contribution in [0.1, 0.15) is 81.6 Å². The van der Waals surface area contributed by atoms with Crippen LogP contribution in [-0.4, -0.2) is 43.9 Å². The lowest BCUT2D eigenvalue weighted by Gasteiger charge is -2.22. The highest BCUT2D eigenvalue weighted by Crippen LogP contribution is 2.32. The van der Waals surface area contributed by atoms with E-state index in [0.717, 1.165) is 54.1 Å². The van der Waals surface area contributed by atoms with Crippen molar-refractivity contribution in [2.75, 3.05) is 6.54 Å². The fraction of sp³-hybridized carbons (Fsp3) is 0.636. The average molecular weight is 400 g/mol. The van der Waals surface area contributed by atoms with Gasteiger partial charge in [0.05, 0.1) is 11.7 Å². The number of hydrogen-bond donors (Lipinski definition) is 1. The van der Waals surface area contributed by atoms with Crippen molar-refractivity contribution in [2.24, 2.45) is 0 Å². The highest BCUT2D eigenvalue weighted by molar-refractivity contribution is 5.77. The van der Waals surface area contributed by atoms with Crippen molar-refractivity contribution in [3.63, 3.8) is 0 Å². The van der Waals surface area contributed by atoms with E-state index >= 15 is 0 Å². The molecule has 0 bridgehead atoms. The number of rotatable bonds is 7. The summed E-state index contributed by atoms with van der Waals surface area (Å²) in [7, 11) is 0. The molecule has 0 aliphatic carbocycles. The van der Waals surface area contributed by atoms with Gasteiger partial charge in [0.1, 0.15) is 0 Å². The van der Waals surface area contributed by atoms with Crippen molar-refractivity contribution in [2.45, 2.75) is 85.2 Å². The molecule has 7 nitrogen and oxygen atoms in total. The van der Waals surface area contributed by atoms with Crippen LogP contribution in [0, 0.1) is 13.8 Å². The first-order chi connectivity index (χ1) is 13.8. The SMILES string of the molecule is CCC(=O)N1CCC[C@H]1c1cc2nc(C)c(CCC(=O)N[C@H](C)CC)c(C)n2n1. The maximum Gasteiger partial charge on any atom is 0.222 e. The number of aryl methyl sites for hydroxylation is 2. The van der Waals surface area contributed by atoms with E-state index in [1.54, 1.807) is 0 Å². The van der Waals surface area contributed by atoms with Gasteiger partial charge in [0.2, 0.25) is 11.8 Å². The maximum atomic E-state index is 12.3. The van der Waals surface area contributed by atoms with Gasteiger partial charge < -0.3 is 10.2 Å². The van der Waals surface area contributed by atoms with Crippen LogP contribution in [0.4, 0.5) is 0 Å². The Morgan fingerprint density at radius 1 is 1.31 bits per heavy atom. The van der Waals surface area contributed by atoms with E-state index in [4.69, 9.17) is 10.1 Å². The topological polar surface area (TPSA) is 79.6 Å². The zero-order valence-corrected chi connectivity index (χ0v) is 18.3. The first-order valence-electron chi connectivity index (χ1n) is 10.8. The van der Waals surface area contributed by atoms with Crippen LogP contribution in [0.3, 0.4) is 0 Å². The summed E-state index contributed by atoms with van der Waals surface area (Å²) >= 11 is 0. The lowest BCUT2D eigenvalue weighted by atomic mass is 10.1. The van der Waals surface area contributed by atoms with Crippen LogP contribution < -0.4 is 5.32 Å². The monoisotopic (exact) mass is 399 g/mol. The molecule has 1 aliphatic rings. The number of amides is 2. The second-order valence-electron chi connectivity index (χ2n) is 8.08. The molecule has 0 saturated carbocycles. The lowest BCUT2D eigenvalue weighted by molar-refractivity contribution is -0.131. The van der Waals surface area contributed by atoms with E-state index in [9.17, 15) is 9.59 Å².